The van der Waals surface area contributed by atoms with Crippen LogP contribution in [0.1, 0.15) is 25.8 Å². The first kappa shape index (κ1) is 13.8. The molecule has 1 aromatic carbocycles. The fraction of sp³-hybridized carbons (Fsp3) is 0.500. The lowest BCUT2D eigenvalue weighted by molar-refractivity contribution is -0.139. The van der Waals surface area contributed by atoms with Gasteiger partial charge in [-0.05, 0) is 25.5 Å². The molecule has 1 N–H and O–H groups in total. The summed E-state index contributed by atoms with van der Waals surface area (Å²) in [5.74, 6) is -0.256. The van der Waals surface area contributed by atoms with E-state index in [0.29, 0.717) is 6.42 Å². The van der Waals surface area contributed by atoms with E-state index >= 15 is 0 Å². The lowest BCUT2D eigenvalue weighted by atomic mass is 10.1. The van der Waals surface area contributed by atoms with Crippen molar-refractivity contribution in [2.24, 2.45) is 0 Å². The summed E-state index contributed by atoms with van der Waals surface area (Å²) < 4.78 is 42.9. The molecule has 0 aliphatic carbocycles. The molecular weight excluding hydrogens is 233 g/mol. The molecule has 1 aromatic rings. The molecule has 0 saturated carbocycles. The van der Waals surface area contributed by atoms with Crippen LogP contribution in [0, 0.1) is 0 Å². The molecule has 0 amide bonds. The standard InChI is InChI=1S/C12H15F3O2/c1-3-11(2,16)8-17-10-7-5-4-6-9(10)12(13,14)15/h4-7,16H,3,8H2,1-2H3. The van der Waals surface area contributed by atoms with Gasteiger partial charge in [0.05, 0.1) is 11.2 Å². The van der Waals surface area contributed by atoms with Crippen LogP contribution in [0.25, 0.3) is 0 Å². The number of hydrogen-bond acceptors (Lipinski definition) is 2. The van der Waals surface area contributed by atoms with E-state index in [0.717, 1.165) is 6.07 Å². The largest absolute Gasteiger partial charge is 0.490 e. The van der Waals surface area contributed by atoms with E-state index < -0.39 is 17.3 Å². The normalized spacial score (nSPS) is 15.4. The van der Waals surface area contributed by atoms with Crippen LogP contribution >= 0.6 is 0 Å². The van der Waals surface area contributed by atoms with Crippen molar-refractivity contribution < 1.29 is 23.0 Å². The summed E-state index contributed by atoms with van der Waals surface area (Å²) in [6, 6.07) is 4.96. The molecule has 1 rings (SSSR count). The first-order chi connectivity index (χ1) is 7.76. The number of aliphatic hydroxyl groups is 1. The summed E-state index contributed by atoms with van der Waals surface area (Å²) in [5, 5.41) is 9.67. The van der Waals surface area contributed by atoms with Crippen LogP contribution in [0.3, 0.4) is 0 Å². The average Bonchev–Trinajstić information content (AvgIpc) is 2.26. The molecule has 0 radical (unpaired) electrons. The summed E-state index contributed by atoms with van der Waals surface area (Å²) in [5.41, 5.74) is -1.95. The van der Waals surface area contributed by atoms with Gasteiger partial charge in [-0.3, -0.25) is 0 Å². The van der Waals surface area contributed by atoms with Gasteiger partial charge in [-0.25, -0.2) is 0 Å². The quantitative estimate of drug-likeness (QED) is 0.886. The molecule has 2 nitrogen and oxygen atoms in total. The summed E-state index contributed by atoms with van der Waals surface area (Å²) >= 11 is 0. The Labute approximate surface area is 98.0 Å². The van der Waals surface area contributed by atoms with Crippen LogP contribution in [0.5, 0.6) is 5.75 Å². The fourth-order valence-corrected chi connectivity index (χ4v) is 1.16. The molecular formula is C12H15F3O2. The first-order valence-corrected chi connectivity index (χ1v) is 5.27. The summed E-state index contributed by atoms with van der Waals surface area (Å²) in [7, 11) is 0. The number of benzene rings is 1. The molecule has 0 spiro atoms. The second-order valence-corrected chi connectivity index (χ2v) is 4.13. The molecule has 0 aliphatic heterocycles. The Morgan fingerprint density at radius 2 is 1.82 bits per heavy atom. The van der Waals surface area contributed by atoms with Gasteiger partial charge in [0, 0.05) is 0 Å². The Morgan fingerprint density at radius 3 is 2.35 bits per heavy atom. The van der Waals surface area contributed by atoms with Crippen LogP contribution in [0.15, 0.2) is 24.3 Å². The third-order valence-corrected chi connectivity index (χ3v) is 2.49. The number of halogens is 3. The fourth-order valence-electron chi connectivity index (χ4n) is 1.16. The van der Waals surface area contributed by atoms with Crippen LogP contribution < -0.4 is 4.74 Å². The topological polar surface area (TPSA) is 29.5 Å². The third-order valence-electron chi connectivity index (χ3n) is 2.49. The molecule has 0 heterocycles. The second-order valence-electron chi connectivity index (χ2n) is 4.13. The number of hydrogen-bond donors (Lipinski definition) is 1. The molecule has 1 atom stereocenters. The number of ether oxygens (including phenoxy) is 1. The summed E-state index contributed by atoms with van der Waals surface area (Å²) in [6.45, 7) is 3.08. The predicted molar refractivity (Wildman–Crippen MR) is 57.9 cm³/mol. The Hall–Kier alpha value is -1.23. The Balaban J connectivity index is 2.85. The molecule has 0 aromatic heterocycles. The smallest absolute Gasteiger partial charge is 0.419 e. The van der Waals surface area contributed by atoms with E-state index in [4.69, 9.17) is 4.74 Å². The SMILES string of the molecule is CCC(C)(O)COc1ccccc1C(F)(F)F. The van der Waals surface area contributed by atoms with Crippen molar-refractivity contribution in [2.45, 2.75) is 32.0 Å². The zero-order chi connectivity index (χ0) is 13.1. The van der Waals surface area contributed by atoms with Crippen molar-refractivity contribution in [3.63, 3.8) is 0 Å². The van der Waals surface area contributed by atoms with Gasteiger partial charge in [0.15, 0.2) is 0 Å². The highest BCUT2D eigenvalue weighted by Gasteiger charge is 2.34. The highest BCUT2D eigenvalue weighted by atomic mass is 19.4. The Bertz CT molecular complexity index is 372. The number of alkyl halides is 3. The highest BCUT2D eigenvalue weighted by molar-refractivity contribution is 5.35. The maximum absolute atomic E-state index is 12.6. The van der Waals surface area contributed by atoms with E-state index in [9.17, 15) is 18.3 Å². The molecule has 5 heteroatoms. The minimum atomic E-state index is -4.45. The van der Waals surface area contributed by atoms with Gasteiger partial charge < -0.3 is 9.84 Å². The van der Waals surface area contributed by atoms with E-state index in [1.807, 2.05) is 0 Å². The summed E-state index contributed by atoms with van der Waals surface area (Å²) in [4.78, 5) is 0. The van der Waals surface area contributed by atoms with E-state index in [1.54, 1.807) is 6.92 Å². The van der Waals surface area contributed by atoms with Gasteiger partial charge in [0.25, 0.3) is 0 Å². The van der Waals surface area contributed by atoms with Crippen molar-refractivity contribution in [3.05, 3.63) is 29.8 Å². The maximum atomic E-state index is 12.6. The summed E-state index contributed by atoms with van der Waals surface area (Å²) in [6.07, 6.45) is -4.05. The minimum Gasteiger partial charge on any atom is -0.490 e. The molecule has 0 aliphatic rings. The molecule has 0 fully saturated rings. The van der Waals surface area contributed by atoms with Crippen molar-refractivity contribution >= 4 is 0 Å². The molecule has 1 unspecified atom stereocenters. The van der Waals surface area contributed by atoms with Gasteiger partial charge in [-0.15, -0.1) is 0 Å². The first-order valence-electron chi connectivity index (χ1n) is 5.27. The predicted octanol–water partition coefficient (Wildman–Crippen LogP) is 3.25. The minimum absolute atomic E-state index is 0.170. The molecule has 17 heavy (non-hydrogen) atoms. The van der Waals surface area contributed by atoms with Crippen LogP contribution in [0.2, 0.25) is 0 Å². The maximum Gasteiger partial charge on any atom is 0.419 e. The van der Waals surface area contributed by atoms with Gasteiger partial charge in [0.2, 0.25) is 0 Å². The third kappa shape index (κ3) is 3.93. The van der Waals surface area contributed by atoms with Gasteiger partial charge in [-0.2, -0.15) is 13.2 Å². The Morgan fingerprint density at radius 1 is 1.24 bits per heavy atom. The second kappa shape index (κ2) is 4.96. The van der Waals surface area contributed by atoms with Gasteiger partial charge in [-0.1, -0.05) is 19.1 Å². The average molecular weight is 248 g/mol. The van der Waals surface area contributed by atoms with Crippen molar-refractivity contribution in [1.29, 1.82) is 0 Å². The zero-order valence-electron chi connectivity index (χ0n) is 9.71. The lowest BCUT2D eigenvalue weighted by Gasteiger charge is -2.22. The van der Waals surface area contributed by atoms with Crippen LogP contribution in [-0.4, -0.2) is 17.3 Å². The van der Waals surface area contributed by atoms with Crippen LogP contribution in [0.4, 0.5) is 13.2 Å². The number of rotatable bonds is 4. The van der Waals surface area contributed by atoms with E-state index in [1.165, 1.54) is 25.1 Å². The van der Waals surface area contributed by atoms with E-state index in [2.05, 4.69) is 0 Å². The lowest BCUT2D eigenvalue weighted by Crippen LogP contribution is -2.31. The van der Waals surface area contributed by atoms with Gasteiger partial charge in [0.1, 0.15) is 12.4 Å². The Kier molecular flexibility index (Phi) is 4.03. The monoisotopic (exact) mass is 248 g/mol. The van der Waals surface area contributed by atoms with Gasteiger partial charge >= 0.3 is 6.18 Å². The van der Waals surface area contributed by atoms with E-state index in [-0.39, 0.29) is 12.4 Å². The van der Waals surface area contributed by atoms with Crippen molar-refractivity contribution in [3.8, 4) is 5.75 Å². The number of para-hydroxylation sites is 1. The van der Waals surface area contributed by atoms with Crippen molar-refractivity contribution in [2.75, 3.05) is 6.61 Å². The molecule has 96 valence electrons. The molecule has 0 bridgehead atoms. The molecule has 0 saturated heterocycles. The zero-order valence-corrected chi connectivity index (χ0v) is 9.71. The van der Waals surface area contributed by atoms with Crippen molar-refractivity contribution in [1.82, 2.24) is 0 Å². The highest BCUT2D eigenvalue weighted by Crippen LogP contribution is 2.36. The van der Waals surface area contributed by atoms with Crippen LogP contribution in [-0.2, 0) is 6.18 Å².